The molecule has 16 aromatic rings. The molecule has 0 N–H and O–H groups in total. The van der Waals surface area contributed by atoms with Crippen LogP contribution in [0.3, 0.4) is 0 Å². The number of nitriles is 1. The van der Waals surface area contributed by atoms with Gasteiger partial charge in [-0.05, 0) is 147 Å². The maximum atomic E-state index is 11.6. The lowest BCUT2D eigenvalue weighted by Gasteiger charge is -2.16. The van der Waals surface area contributed by atoms with E-state index in [9.17, 15) is 5.26 Å². The van der Waals surface area contributed by atoms with E-state index in [-0.39, 0.29) is 0 Å². The van der Waals surface area contributed by atoms with E-state index in [1.54, 1.807) is 0 Å². The molecule has 0 amide bonds. The molecule has 5 heteroatoms. The van der Waals surface area contributed by atoms with Crippen LogP contribution >= 0.6 is 0 Å². The third-order valence-corrected chi connectivity index (χ3v) is 17.2. The highest BCUT2D eigenvalue weighted by molar-refractivity contribution is 6.13. The number of rotatable bonds is 11. The molecule has 0 aliphatic carbocycles. The normalized spacial score (nSPS) is 11.4. The van der Waals surface area contributed by atoms with Crippen molar-refractivity contribution in [2.75, 3.05) is 0 Å². The fourth-order valence-corrected chi connectivity index (χ4v) is 12.9. The third kappa shape index (κ3) is 9.30. The van der Waals surface area contributed by atoms with E-state index in [1.165, 1.54) is 43.8 Å². The van der Waals surface area contributed by atoms with Gasteiger partial charge in [0.05, 0.1) is 39.0 Å². The Balaban J connectivity index is 0.860. The van der Waals surface area contributed by atoms with Crippen LogP contribution in [0.2, 0.25) is 0 Å². The topological polar surface area (TPSA) is 59.4 Å². The Morgan fingerprint density at radius 2 is 0.511 bits per heavy atom. The molecule has 0 atom stereocenters. The summed E-state index contributed by atoms with van der Waals surface area (Å²) in [5.74, 6) is 0.561. The van der Waals surface area contributed by atoms with Crippen molar-refractivity contribution in [3.63, 3.8) is 0 Å². The van der Waals surface area contributed by atoms with Gasteiger partial charge in [0, 0.05) is 60.7 Å². The first-order valence-corrected chi connectivity index (χ1v) is 29.8. The lowest BCUT2D eigenvalue weighted by Crippen LogP contribution is -1.99. The highest BCUT2D eigenvalue weighted by Gasteiger charge is 2.22. The summed E-state index contributed by atoms with van der Waals surface area (Å²) in [6, 6.07) is 116. The number of hydrogen-bond donors (Lipinski definition) is 0. The van der Waals surface area contributed by atoms with E-state index in [0.29, 0.717) is 11.4 Å². The van der Waals surface area contributed by atoms with Crippen LogP contribution in [0.4, 0.5) is 0 Å². The Kier molecular flexibility index (Phi) is 12.9. The van der Waals surface area contributed by atoms with Crippen molar-refractivity contribution < 1.29 is 0 Å². The molecule has 0 saturated carbocycles. The molecule has 0 fully saturated rings. The average Bonchev–Trinajstić information content (AvgIpc) is 2.61. The van der Waals surface area contributed by atoms with E-state index in [4.69, 9.17) is 9.97 Å². The van der Waals surface area contributed by atoms with Crippen molar-refractivity contribution in [1.29, 1.82) is 5.26 Å². The zero-order valence-electron chi connectivity index (χ0n) is 47.8. The average molecular weight is 1120 g/mol. The predicted octanol–water partition coefficient (Wildman–Crippen LogP) is 21.5. The first-order valence-electron chi connectivity index (χ1n) is 29.8. The van der Waals surface area contributed by atoms with Crippen molar-refractivity contribution in [3.05, 3.63) is 327 Å². The summed E-state index contributed by atoms with van der Waals surface area (Å²) >= 11 is 0. The van der Waals surface area contributed by atoms with Crippen molar-refractivity contribution >= 4 is 43.6 Å². The van der Waals surface area contributed by atoms with Gasteiger partial charge in [-0.2, -0.15) is 5.26 Å². The zero-order chi connectivity index (χ0) is 58.5. The monoisotopic (exact) mass is 1120 g/mol. The summed E-state index contributed by atoms with van der Waals surface area (Å²) in [5, 5.41) is 16.3. The van der Waals surface area contributed by atoms with Gasteiger partial charge in [-0.25, -0.2) is 9.97 Å². The molecule has 5 nitrogen and oxygen atoms in total. The standard InChI is InChI=1S/C83H53N5/c84-54-76-70(59-31-39-68(40-32-59)87-79-43-35-63(55-19-7-1-8-20-55)47-72(79)73-48-64(36-44-80(73)87)56-21-9-2-10-22-56)51-67(83-85-77(61-27-15-5-16-28-61)53-78(86-83)62-29-17-6-18-30-62)52-71(76)60-33-41-69(42-34-60)88-81-45-37-65(57-23-11-3-12-24-57)49-74(81)75-50-66(38-46-82(75)88)58-25-13-4-14-26-58/h1-53H. The van der Waals surface area contributed by atoms with Crippen LogP contribution in [0.15, 0.2) is 322 Å². The third-order valence-electron chi connectivity index (χ3n) is 17.2. The van der Waals surface area contributed by atoms with Gasteiger partial charge in [-0.3, -0.25) is 0 Å². The maximum Gasteiger partial charge on any atom is 0.160 e. The highest BCUT2D eigenvalue weighted by atomic mass is 15.0. The second kappa shape index (κ2) is 21.9. The molecule has 0 aliphatic heterocycles. The van der Waals surface area contributed by atoms with Gasteiger partial charge in [0.25, 0.3) is 0 Å². The molecule has 0 unspecified atom stereocenters. The molecule has 410 valence electrons. The molecular formula is C83H53N5. The van der Waals surface area contributed by atoms with Gasteiger partial charge in [-0.15, -0.1) is 0 Å². The van der Waals surface area contributed by atoms with Crippen LogP contribution in [0.1, 0.15) is 5.56 Å². The molecule has 13 aromatic carbocycles. The van der Waals surface area contributed by atoms with Crippen LogP contribution < -0.4 is 0 Å². The lowest BCUT2D eigenvalue weighted by atomic mass is 9.89. The van der Waals surface area contributed by atoms with E-state index in [1.807, 2.05) is 36.4 Å². The molecular weight excluding hydrogens is 1070 g/mol. The summed E-state index contributed by atoms with van der Waals surface area (Å²) in [6.45, 7) is 0. The second-order valence-corrected chi connectivity index (χ2v) is 22.4. The molecule has 0 spiro atoms. The largest absolute Gasteiger partial charge is 0.309 e. The Morgan fingerprint density at radius 1 is 0.239 bits per heavy atom. The van der Waals surface area contributed by atoms with Crippen LogP contribution in [-0.2, 0) is 0 Å². The first-order chi connectivity index (χ1) is 43.6. The zero-order valence-corrected chi connectivity index (χ0v) is 47.8. The summed E-state index contributed by atoms with van der Waals surface area (Å²) in [5.41, 5.74) is 24.1. The van der Waals surface area contributed by atoms with Crippen LogP contribution in [0, 0.1) is 11.3 Å². The molecule has 3 aromatic heterocycles. The Morgan fingerprint density at radius 3 is 0.795 bits per heavy atom. The minimum Gasteiger partial charge on any atom is -0.309 e. The van der Waals surface area contributed by atoms with E-state index < -0.39 is 0 Å². The van der Waals surface area contributed by atoms with Crippen molar-refractivity contribution in [3.8, 4) is 118 Å². The van der Waals surface area contributed by atoms with E-state index in [0.717, 1.165) is 106 Å². The number of nitrogens with zero attached hydrogens (tertiary/aromatic N) is 5. The van der Waals surface area contributed by atoms with Gasteiger partial charge < -0.3 is 9.13 Å². The summed E-state index contributed by atoms with van der Waals surface area (Å²) < 4.78 is 4.73. The van der Waals surface area contributed by atoms with Crippen LogP contribution in [0.5, 0.6) is 0 Å². The second-order valence-electron chi connectivity index (χ2n) is 22.4. The number of hydrogen-bond acceptors (Lipinski definition) is 3. The number of aromatic nitrogens is 4. The molecule has 0 radical (unpaired) electrons. The van der Waals surface area contributed by atoms with Gasteiger partial charge >= 0.3 is 0 Å². The Hall–Kier alpha value is -12.0. The van der Waals surface area contributed by atoms with Gasteiger partial charge in [0.1, 0.15) is 6.07 Å². The molecule has 0 saturated heterocycles. The molecule has 88 heavy (non-hydrogen) atoms. The smallest absolute Gasteiger partial charge is 0.160 e. The van der Waals surface area contributed by atoms with E-state index >= 15 is 0 Å². The molecule has 3 heterocycles. The number of benzene rings is 13. The lowest BCUT2D eigenvalue weighted by molar-refractivity contribution is 1.18. The Labute approximate surface area is 510 Å². The SMILES string of the molecule is N#Cc1c(-c2ccc(-n3c4ccc(-c5ccccc5)cc4c4cc(-c5ccccc5)ccc43)cc2)cc(-c2nc(-c3ccccc3)cc(-c3ccccc3)n2)cc1-c1ccc(-n2c3ccc(-c4ccccc4)cc3c3cc(-c4ccccc4)ccc32)cc1. The fourth-order valence-electron chi connectivity index (χ4n) is 12.9. The fraction of sp³-hybridized carbons (Fsp3) is 0. The first kappa shape index (κ1) is 51.7. The molecule has 0 aliphatic rings. The van der Waals surface area contributed by atoms with Crippen molar-refractivity contribution in [2.45, 2.75) is 0 Å². The summed E-state index contributed by atoms with van der Waals surface area (Å²) in [6.07, 6.45) is 0. The maximum absolute atomic E-state index is 11.6. The number of fused-ring (bicyclic) bond motifs is 6. The predicted molar refractivity (Wildman–Crippen MR) is 364 cm³/mol. The van der Waals surface area contributed by atoms with Gasteiger partial charge in [0.15, 0.2) is 5.82 Å². The highest BCUT2D eigenvalue weighted by Crippen LogP contribution is 2.43. The van der Waals surface area contributed by atoms with Crippen LogP contribution in [-0.4, -0.2) is 19.1 Å². The Bertz CT molecular complexity index is 4800. The van der Waals surface area contributed by atoms with Crippen LogP contribution in [0.25, 0.3) is 156 Å². The minimum absolute atomic E-state index is 0.559. The van der Waals surface area contributed by atoms with Crippen molar-refractivity contribution in [2.24, 2.45) is 0 Å². The van der Waals surface area contributed by atoms with Crippen molar-refractivity contribution in [1.82, 2.24) is 19.1 Å². The summed E-state index contributed by atoms with van der Waals surface area (Å²) in [4.78, 5) is 10.7. The minimum atomic E-state index is 0.559. The van der Waals surface area contributed by atoms with Gasteiger partial charge in [0.2, 0.25) is 0 Å². The summed E-state index contributed by atoms with van der Waals surface area (Å²) in [7, 11) is 0. The quantitative estimate of drug-likeness (QED) is 0.130. The van der Waals surface area contributed by atoms with E-state index in [2.05, 4.69) is 300 Å². The molecule has 16 rings (SSSR count). The van der Waals surface area contributed by atoms with Gasteiger partial charge in [-0.1, -0.05) is 231 Å². The molecule has 0 bridgehead atoms.